The molecule has 13 heteroatoms. The predicted molar refractivity (Wildman–Crippen MR) is 145 cm³/mol. The lowest BCUT2D eigenvalue weighted by molar-refractivity contribution is -0.274. The summed E-state index contributed by atoms with van der Waals surface area (Å²) in [7, 11) is 0. The van der Waals surface area contributed by atoms with E-state index >= 15 is 0 Å². The highest BCUT2D eigenvalue weighted by Crippen LogP contribution is 2.37. The van der Waals surface area contributed by atoms with Crippen molar-refractivity contribution in [2.75, 3.05) is 11.1 Å². The van der Waals surface area contributed by atoms with Crippen LogP contribution in [0.15, 0.2) is 42.7 Å². The molecule has 2 amide bonds. The van der Waals surface area contributed by atoms with Crippen molar-refractivity contribution in [3.8, 4) is 17.0 Å². The number of nitrogens with one attached hydrogen (secondary N) is 1. The first-order chi connectivity index (χ1) is 19.4. The van der Waals surface area contributed by atoms with E-state index in [0.29, 0.717) is 29.1 Å². The number of fused-ring (bicyclic) bond motifs is 1. The lowest BCUT2D eigenvalue weighted by Gasteiger charge is -2.27. The van der Waals surface area contributed by atoms with E-state index in [2.05, 4.69) is 25.1 Å². The lowest BCUT2D eigenvalue weighted by Crippen LogP contribution is -2.33. The largest absolute Gasteiger partial charge is 0.573 e. The van der Waals surface area contributed by atoms with Crippen LogP contribution in [-0.2, 0) is 11.3 Å². The minimum atomic E-state index is -4.93. The number of aryl methyl sites for hydroxylation is 1. The molecule has 41 heavy (non-hydrogen) atoms. The van der Waals surface area contributed by atoms with Gasteiger partial charge >= 0.3 is 6.36 Å². The van der Waals surface area contributed by atoms with E-state index in [9.17, 15) is 22.8 Å². The van der Waals surface area contributed by atoms with Crippen LogP contribution in [0.5, 0.6) is 5.75 Å². The third-order valence-corrected chi connectivity index (χ3v) is 7.21. The second-order valence-electron chi connectivity index (χ2n) is 10.1. The third-order valence-electron chi connectivity index (χ3n) is 7.21. The van der Waals surface area contributed by atoms with Crippen molar-refractivity contribution in [1.29, 1.82) is 0 Å². The Bertz CT molecular complexity index is 1620. The minimum Gasteiger partial charge on any atom is -0.405 e. The van der Waals surface area contributed by atoms with Gasteiger partial charge in [-0.2, -0.15) is 0 Å². The van der Waals surface area contributed by atoms with Crippen molar-refractivity contribution in [1.82, 2.24) is 24.5 Å². The predicted octanol–water partition coefficient (Wildman–Crippen LogP) is 4.90. The molecule has 0 aliphatic heterocycles. The summed E-state index contributed by atoms with van der Waals surface area (Å²) in [5.41, 5.74) is 8.64. The number of halogens is 3. The molecule has 0 spiro atoms. The topological polar surface area (TPSA) is 128 Å². The van der Waals surface area contributed by atoms with Gasteiger partial charge in [0.15, 0.2) is 11.5 Å². The van der Waals surface area contributed by atoms with Gasteiger partial charge in [-0.3, -0.25) is 14.6 Å². The van der Waals surface area contributed by atoms with Crippen molar-refractivity contribution < 1.29 is 27.5 Å². The summed E-state index contributed by atoms with van der Waals surface area (Å²) >= 11 is 0. The van der Waals surface area contributed by atoms with Crippen LogP contribution in [-0.4, -0.2) is 49.2 Å². The Balaban J connectivity index is 1.55. The number of aromatic nitrogens is 4. The maximum Gasteiger partial charge on any atom is 0.573 e. The molecule has 1 aromatic carbocycles. The van der Waals surface area contributed by atoms with Crippen LogP contribution in [0, 0.1) is 19.8 Å². The summed E-state index contributed by atoms with van der Waals surface area (Å²) in [6.07, 6.45) is 0.794. The van der Waals surface area contributed by atoms with Crippen molar-refractivity contribution in [3.63, 3.8) is 0 Å². The number of hydrogen-bond donors (Lipinski definition) is 2. The molecule has 0 saturated heterocycles. The van der Waals surface area contributed by atoms with E-state index in [0.717, 1.165) is 18.5 Å². The average Bonchev–Trinajstić information content (AvgIpc) is 3.71. The van der Waals surface area contributed by atoms with Crippen molar-refractivity contribution in [2.24, 2.45) is 5.92 Å². The van der Waals surface area contributed by atoms with E-state index < -0.39 is 18.0 Å². The Morgan fingerprint density at radius 3 is 2.66 bits per heavy atom. The third kappa shape index (κ3) is 6.08. The summed E-state index contributed by atoms with van der Waals surface area (Å²) in [6, 6.07) is 7.81. The normalized spacial score (nSPS) is 14.1. The van der Waals surface area contributed by atoms with E-state index in [4.69, 9.17) is 5.73 Å². The van der Waals surface area contributed by atoms with E-state index in [-0.39, 0.29) is 40.9 Å². The number of nitrogens with zero attached hydrogens (tertiary/aromatic N) is 5. The number of anilines is 2. The SMILES string of the molecule is Cc1ccc(NC(=O)c2c(N)nn3ccc(-c4cc(CN(C=O)C(C)C5CC5)c(C)c(OC(F)(F)F)c4)nc23)cn1. The number of nitrogens with two attached hydrogens (primary N) is 1. The average molecular weight is 568 g/mol. The smallest absolute Gasteiger partial charge is 0.405 e. The first-order valence-corrected chi connectivity index (χ1v) is 12.9. The summed E-state index contributed by atoms with van der Waals surface area (Å²) < 4.78 is 45.7. The molecule has 3 aromatic heterocycles. The lowest BCUT2D eigenvalue weighted by atomic mass is 10.0. The molecule has 10 nitrogen and oxygen atoms in total. The molecule has 3 N–H and O–H groups in total. The molecule has 1 saturated carbocycles. The highest BCUT2D eigenvalue weighted by molar-refractivity contribution is 6.11. The van der Waals surface area contributed by atoms with Crippen LogP contribution in [0.2, 0.25) is 0 Å². The van der Waals surface area contributed by atoms with Gasteiger partial charge in [0, 0.05) is 30.0 Å². The van der Waals surface area contributed by atoms with Crippen LogP contribution in [0.4, 0.5) is 24.7 Å². The van der Waals surface area contributed by atoms with Gasteiger partial charge in [-0.1, -0.05) is 0 Å². The first-order valence-electron chi connectivity index (χ1n) is 12.9. The van der Waals surface area contributed by atoms with Crippen molar-refractivity contribution >= 4 is 29.5 Å². The van der Waals surface area contributed by atoms with Gasteiger partial charge in [0.25, 0.3) is 5.91 Å². The maximum atomic E-state index is 13.3. The van der Waals surface area contributed by atoms with Crippen LogP contribution >= 0.6 is 0 Å². The highest BCUT2D eigenvalue weighted by Gasteiger charge is 2.34. The van der Waals surface area contributed by atoms with E-state index in [1.165, 1.54) is 29.9 Å². The molecule has 5 rings (SSSR count). The molecular formula is C28H28F3N7O3. The molecule has 3 heterocycles. The van der Waals surface area contributed by atoms with E-state index in [1.54, 1.807) is 29.2 Å². The molecule has 1 fully saturated rings. The number of hydrogen-bond acceptors (Lipinski definition) is 7. The standard InChI is InChI=1S/C28H28F3N7O3/c1-15-4-7-21(12-33-15)34-27(40)24-25(32)36-38-9-8-22(35-26(24)38)19-10-20(13-37(14-39)17(3)18-5-6-18)16(2)23(11-19)41-28(29,30)31/h4,7-12,14,17-18H,5-6,13H2,1-3H3,(H2,32,36)(H,34,40). The summed E-state index contributed by atoms with van der Waals surface area (Å²) in [6.45, 7) is 5.35. The van der Waals surface area contributed by atoms with Crippen LogP contribution in [0.25, 0.3) is 16.9 Å². The summed E-state index contributed by atoms with van der Waals surface area (Å²) in [5, 5.41) is 6.86. The number of rotatable bonds is 9. The number of pyridine rings is 1. The Kier molecular flexibility index (Phi) is 7.28. The van der Waals surface area contributed by atoms with Gasteiger partial charge in [-0.05, 0) is 81.0 Å². The fourth-order valence-electron chi connectivity index (χ4n) is 4.67. The molecule has 1 atom stereocenters. The van der Waals surface area contributed by atoms with Gasteiger partial charge < -0.3 is 20.7 Å². The Hall–Kier alpha value is -4.68. The van der Waals surface area contributed by atoms with Crippen LogP contribution in [0.1, 0.15) is 46.9 Å². The molecule has 1 unspecified atom stereocenters. The number of alkyl halides is 3. The molecule has 0 radical (unpaired) electrons. The van der Waals surface area contributed by atoms with Crippen LogP contribution < -0.4 is 15.8 Å². The Morgan fingerprint density at radius 1 is 1.27 bits per heavy atom. The number of amides is 2. The maximum absolute atomic E-state index is 13.3. The fourth-order valence-corrected chi connectivity index (χ4v) is 4.67. The Labute approximate surface area is 233 Å². The van der Waals surface area contributed by atoms with Crippen LogP contribution in [0.3, 0.4) is 0 Å². The monoisotopic (exact) mass is 567 g/mol. The fraction of sp³-hybridized carbons (Fsp3) is 0.321. The summed E-state index contributed by atoms with van der Waals surface area (Å²) in [5.74, 6) is -0.691. The second-order valence-corrected chi connectivity index (χ2v) is 10.1. The van der Waals surface area contributed by atoms with Crippen molar-refractivity contribution in [3.05, 3.63) is 65.1 Å². The van der Waals surface area contributed by atoms with Gasteiger partial charge in [0.05, 0.1) is 17.6 Å². The van der Waals surface area contributed by atoms with E-state index in [1.807, 2.05) is 13.8 Å². The molecule has 1 aliphatic rings. The van der Waals surface area contributed by atoms with Gasteiger partial charge in [-0.15, -0.1) is 18.3 Å². The number of nitrogen functional groups attached to an aromatic ring is 1. The number of benzene rings is 1. The van der Waals surface area contributed by atoms with Crippen molar-refractivity contribution in [2.45, 2.75) is 52.6 Å². The molecule has 1 aliphatic carbocycles. The zero-order valence-corrected chi connectivity index (χ0v) is 22.6. The quantitative estimate of drug-likeness (QED) is 0.276. The minimum absolute atomic E-state index is 0.00286. The first kappa shape index (κ1) is 27.9. The number of carbonyl (C=O) groups excluding carboxylic acids is 2. The zero-order chi connectivity index (χ0) is 29.5. The van der Waals surface area contributed by atoms with Gasteiger partial charge in [0.1, 0.15) is 11.3 Å². The van der Waals surface area contributed by atoms with Gasteiger partial charge in [-0.25, -0.2) is 9.50 Å². The molecule has 4 aromatic rings. The Morgan fingerprint density at radius 2 is 2.02 bits per heavy atom. The second kappa shape index (κ2) is 10.7. The zero-order valence-electron chi connectivity index (χ0n) is 22.6. The number of carbonyl (C=O) groups is 2. The highest BCUT2D eigenvalue weighted by atomic mass is 19.4. The number of ether oxygens (including phenoxy) is 1. The van der Waals surface area contributed by atoms with Gasteiger partial charge in [0.2, 0.25) is 6.41 Å². The summed E-state index contributed by atoms with van der Waals surface area (Å²) in [4.78, 5) is 35.3. The molecule has 214 valence electrons. The molecule has 0 bridgehead atoms. The molecular weight excluding hydrogens is 539 g/mol.